The van der Waals surface area contributed by atoms with Crippen LogP contribution in [-0.2, 0) is 6.54 Å². The van der Waals surface area contributed by atoms with Gasteiger partial charge in [-0.1, -0.05) is 12.1 Å². The van der Waals surface area contributed by atoms with E-state index in [0.717, 1.165) is 18.9 Å². The van der Waals surface area contributed by atoms with Gasteiger partial charge >= 0.3 is 0 Å². The fourth-order valence-corrected chi connectivity index (χ4v) is 2.51. The summed E-state index contributed by atoms with van der Waals surface area (Å²) in [6, 6.07) is 1.17. The average Bonchev–Trinajstić information content (AvgIpc) is 2.78. The van der Waals surface area contributed by atoms with E-state index in [9.17, 15) is 0 Å². The Labute approximate surface area is 96.2 Å². The Kier molecular flexibility index (Phi) is 3.56. The summed E-state index contributed by atoms with van der Waals surface area (Å²) in [5.41, 5.74) is 0. The number of likely N-dealkylation sites (tertiary alicyclic amines) is 1. The molecule has 0 bridgehead atoms. The highest BCUT2D eigenvalue weighted by Gasteiger charge is 2.31. The standard InChI is InChI=1S/C11H20N4O/c1-8-9(2)15(5-4-10(8)12-3)6-11-13-7-16-14-11/h7-10,12H,4-6H2,1-3H3. The third-order valence-corrected chi connectivity index (χ3v) is 3.82. The summed E-state index contributed by atoms with van der Waals surface area (Å²) in [6.07, 6.45) is 2.57. The normalized spacial score (nSPS) is 31.8. The van der Waals surface area contributed by atoms with Crippen molar-refractivity contribution in [2.24, 2.45) is 5.92 Å². The number of rotatable bonds is 3. The number of hydrogen-bond acceptors (Lipinski definition) is 5. The molecule has 0 amide bonds. The summed E-state index contributed by atoms with van der Waals surface area (Å²) in [5, 5.41) is 7.25. The van der Waals surface area contributed by atoms with Crippen LogP contribution in [0, 0.1) is 5.92 Å². The predicted molar refractivity (Wildman–Crippen MR) is 60.8 cm³/mol. The Balaban J connectivity index is 1.97. The first-order valence-electron chi connectivity index (χ1n) is 5.89. The maximum Gasteiger partial charge on any atom is 0.213 e. The monoisotopic (exact) mass is 224 g/mol. The molecule has 1 aromatic heterocycles. The predicted octanol–water partition coefficient (Wildman–Crippen LogP) is 0.888. The first-order chi connectivity index (χ1) is 7.72. The maximum absolute atomic E-state index is 4.76. The van der Waals surface area contributed by atoms with Crippen LogP contribution >= 0.6 is 0 Å². The molecular formula is C11H20N4O. The number of aromatic nitrogens is 2. The number of nitrogens with zero attached hydrogens (tertiary/aromatic N) is 3. The van der Waals surface area contributed by atoms with Crippen molar-refractivity contribution in [1.82, 2.24) is 20.4 Å². The minimum Gasteiger partial charge on any atom is -0.343 e. The molecule has 1 saturated heterocycles. The lowest BCUT2D eigenvalue weighted by Gasteiger charge is -2.42. The minimum absolute atomic E-state index is 0.546. The van der Waals surface area contributed by atoms with E-state index in [1.807, 2.05) is 7.05 Å². The highest BCUT2D eigenvalue weighted by Crippen LogP contribution is 2.24. The molecule has 1 N–H and O–H groups in total. The Hall–Kier alpha value is -0.940. The van der Waals surface area contributed by atoms with E-state index in [2.05, 4.69) is 34.2 Å². The van der Waals surface area contributed by atoms with Gasteiger partial charge in [-0.05, 0) is 26.3 Å². The lowest BCUT2D eigenvalue weighted by atomic mass is 9.87. The summed E-state index contributed by atoms with van der Waals surface area (Å²) in [4.78, 5) is 6.49. The topological polar surface area (TPSA) is 54.2 Å². The molecule has 1 fully saturated rings. The summed E-state index contributed by atoms with van der Waals surface area (Å²) in [7, 11) is 2.04. The van der Waals surface area contributed by atoms with Crippen LogP contribution in [0.25, 0.3) is 0 Å². The fraction of sp³-hybridized carbons (Fsp3) is 0.818. The highest BCUT2D eigenvalue weighted by molar-refractivity contribution is 4.90. The Morgan fingerprint density at radius 2 is 2.38 bits per heavy atom. The molecule has 0 aromatic carbocycles. The Morgan fingerprint density at radius 1 is 1.56 bits per heavy atom. The van der Waals surface area contributed by atoms with Crippen LogP contribution in [0.2, 0.25) is 0 Å². The van der Waals surface area contributed by atoms with Crippen molar-refractivity contribution in [3.8, 4) is 0 Å². The summed E-state index contributed by atoms with van der Waals surface area (Å²) < 4.78 is 4.76. The van der Waals surface area contributed by atoms with Crippen molar-refractivity contribution in [2.45, 2.75) is 38.9 Å². The molecule has 90 valence electrons. The second-order valence-electron chi connectivity index (χ2n) is 4.60. The van der Waals surface area contributed by atoms with Crippen molar-refractivity contribution in [2.75, 3.05) is 13.6 Å². The van der Waals surface area contributed by atoms with Crippen molar-refractivity contribution >= 4 is 0 Å². The van der Waals surface area contributed by atoms with Crippen molar-refractivity contribution in [3.05, 3.63) is 12.2 Å². The molecule has 0 spiro atoms. The second-order valence-corrected chi connectivity index (χ2v) is 4.60. The first kappa shape index (κ1) is 11.5. The lowest BCUT2D eigenvalue weighted by molar-refractivity contribution is 0.0781. The number of nitrogens with one attached hydrogen (secondary N) is 1. The van der Waals surface area contributed by atoms with Gasteiger partial charge in [0.15, 0.2) is 5.82 Å². The molecular weight excluding hydrogens is 204 g/mol. The zero-order valence-corrected chi connectivity index (χ0v) is 10.2. The van der Waals surface area contributed by atoms with E-state index in [1.165, 1.54) is 12.8 Å². The molecule has 0 saturated carbocycles. The molecule has 5 nitrogen and oxygen atoms in total. The SMILES string of the molecule is CNC1CCN(Cc2ncon2)C(C)C1C. The van der Waals surface area contributed by atoms with Gasteiger partial charge in [-0.2, -0.15) is 4.98 Å². The molecule has 3 unspecified atom stereocenters. The third kappa shape index (κ3) is 2.25. The zero-order chi connectivity index (χ0) is 11.5. The van der Waals surface area contributed by atoms with Crippen LogP contribution in [0.1, 0.15) is 26.1 Å². The smallest absolute Gasteiger partial charge is 0.213 e. The quantitative estimate of drug-likeness (QED) is 0.826. The van der Waals surface area contributed by atoms with E-state index >= 15 is 0 Å². The second kappa shape index (κ2) is 4.93. The fourth-order valence-electron chi connectivity index (χ4n) is 2.51. The molecule has 1 aromatic rings. The van der Waals surface area contributed by atoms with Gasteiger partial charge in [-0.3, -0.25) is 4.90 Å². The summed E-state index contributed by atoms with van der Waals surface area (Å²) in [6.45, 7) is 6.45. The number of piperidine rings is 1. The molecule has 5 heteroatoms. The van der Waals surface area contributed by atoms with Crippen molar-refractivity contribution in [3.63, 3.8) is 0 Å². The zero-order valence-electron chi connectivity index (χ0n) is 10.2. The molecule has 1 aliphatic heterocycles. The first-order valence-corrected chi connectivity index (χ1v) is 5.89. The van der Waals surface area contributed by atoms with Crippen LogP contribution in [0.15, 0.2) is 10.9 Å². The van der Waals surface area contributed by atoms with E-state index < -0.39 is 0 Å². The molecule has 2 rings (SSSR count). The third-order valence-electron chi connectivity index (χ3n) is 3.82. The minimum atomic E-state index is 0.546. The molecule has 3 atom stereocenters. The van der Waals surface area contributed by atoms with Crippen LogP contribution < -0.4 is 5.32 Å². The van der Waals surface area contributed by atoms with E-state index in [0.29, 0.717) is 18.0 Å². The van der Waals surface area contributed by atoms with Gasteiger partial charge in [-0.15, -0.1) is 0 Å². The average molecular weight is 224 g/mol. The van der Waals surface area contributed by atoms with Crippen LogP contribution in [0.4, 0.5) is 0 Å². The summed E-state index contributed by atoms with van der Waals surface area (Å²) >= 11 is 0. The van der Waals surface area contributed by atoms with Crippen LogP contribution in [0.5, 0.6) is 0 Å². The molecule has 2 heterocycles. The van der Waals surface area contributed by atoms with Gasteiger partial charge in [0, 0.05) is 18.6 Å². The van der Waals surface area contributed by atoms with Gasteiger partial charge in [0.1, 0.15) is 0 Å². The van der Waals surface area contributed by atoms with Gasteiger partial charge in [-0.25, -0.2) is 0 Å². The van der Waals surface area contributed by atoms with Gasteiger partial charge < -0.3 is 9.84 Å². The molecule has 0 aliphatic carbocycles. The lowest BCUT2D eigenvalue weighted by Crippen LogP contribution is -2.52. The van der Waals surface area contributed by atoms with E-state index in [-0.39, 0.29) is 0 Å². The van der Waals surface area contributed by atoms with Crippen molar-refractivity contribution < 1.29 is 4.52 Å². The van der Waals surface area contributed by atoms with Crippen molar-refractivity contribution in [1.29, 1.82) is 0 Å². The van der Waals surface area contributed by atoms with Gasteiger partial charge in [0.2, 0.25) is 6.39 Å². The van der Waals surface area contributed by atoms with Gasteiger partial charge in [0.05, 0.1) is 6.54 Å². The maximum atomic E-state index is 4.76. The van der Waals surface area contributed by atoms with Gasteiger partial charge in [0.25, 0.3) is 0 Å². The molecule has 16 heavy (non-hydrogen) atoms. The molecule has 0 radical (unpaired) electrons. The Morgan fingerprint density at radius 3 is 3.00 bits per heavy atom. The summed E-state index contributed by atoms with van der Waals surface area (Å²) in [5.74, 6) is 1.42. The highest BCUT2D eigenvalue weighted by atomic mass is 16.5. The van der Waals surface area contributed by atoms with E-state index in [4.69, 9.17) is 4.52 Å². The van der Waals surface area contributed by atoms with Crippen LogP contribution in [0.3, 0.4) is 0 Å². The molecule has 1 aliphatic rings. The van der Waals surface area contributed by atoms with Crippen LogP contribution in [-0.4, -0.2) is 40.7 Å². The number of hydrogen-bond donors (Lipinski definition) is 1. The Bertz CT molecular complexity index is 314. The van der Waals surface area contributed by atoms with E-state index in [1.54, 1.807) is 0 Å². The largest absolute Gasteiger partial charge is 0.343 e.